The normalized spacial score (nSPS) is 11.1. The van der Waals surface area contributed by atoms with Crippen LogP contribution in [0.2, 0.25) is 5.02 Å². The van der Waals surface area contributed by atoms with Crippen molar-refractivity contribution in [3.63, 3.8) is 0 Å². The molecule has 1 aromatic rings. The lowest BCUT2D eigenvalue weighted by atomic mass is 10.2. The SMILES string of the molecule is NCCCCN(CCCO)Cc1ccc(Cl)cc1. The van der Waals surface area contributed by atoms with Gasteiger partial charge in [-0.1, -0.05) is 23.7 Å². The van der Waals surface area contributed by atoms with Gasteiger partial charge in [0.1, 0.15) is 0 Å². The standard InChI is InChI=1S/C14H23ClN2O/c15-14-6-4-13(5-7-14)12-17(10-3-11-18)9-2-1-8-16/h4-7,18H,1-3,8-12,16H2. The summed E-state index contributed by atoms with van der Waals surface area (Å²) in [7, 11) is 0. The highest BCUT2D eigenvalue weighted by molar-refractivity contribution is 6.30. The molecule has 0 radical (unpaired) electrons. The predicted octanol–water partition coefficient (Wildman–Crippen LogP) is 2.26. The molecule has 0 aromatic heterocycles. The van der Waals surface area contributed by atoms with Crippen molar-refractivity contribution in [1.82, 2.24) is 4.90 Å². The van der Waals surface area contributed by atoms with E-state index in [0.29, 0.717) is 0 Å². The van der Waals surface area contributed by atoms with Crippen molar-refractivity contribution in [1.29, 1.82) is 0 Å². The van der Waals surface area contributed by atoms with Crippen LogP contribution in [0.3, 0.4) is 0 Å². The molecule has 0 spiro atoms. The molecule has 0 fully saturated rings. The van der Waals surface area contributed by atoms with Gasteiger partial charge in [0, 0.05) is 24.7 Å². The van der Waals surface area contributed by atoms with Crippen molar-refractivity contribution in [2.75, 3.05) is 26.2 Å². The molecule has 1 rings (SSSR count). The Morgan fingerprint density at radius 2 is 1.72 bits per heavy atom. The van der Waals surface area contributed by atoms with Gasteiger partial charge >= 0.3 is 0 Å². The molecule has 0 aliphatic carbocycles. The minimum Gasteiger partial charge on any atom is -0.396 e. The molecule has 0 aliphatic rings. The van der Waals surface area contributed by atoms with Crippen LogP contribution in [0.15, 0.2) is 24.3 Å². The second kappa shape index (κ2) is 9.34. The van der Waals surface area contributed by atoms with Crippen LogP contribution < -0.4 is 5.73 Å². The van der Waals surface area contributed by atoms with Crippen molar-refractivity contribution in [3.8, 4) is 0 Å². The predicted molar refractivity (Wildman–Crippen MR) is 76.7 cm³/mol. The number of unbranched alkanes of at least 4 members (excludes halogenated alkanes) is 1. The molecular weight excluding hydrogens is 248 g/mol. The Morgan fingerprint density at radius 3 is 2.33 bits per heavy atom. The van der Waals surface area contributed by atoms with Crippen molar-refractivity contribution >= 4 is 11.6 Å². The molecule has 0 amide bonds. The fourth-order valence-electron chi connectivity index (χ4n) is 1.89. The Labute approximate surface area is 115 Å². The van der Waals surface area contributed by atoms with E-state index < -0.39 is 0 Å². The van der Waals surface area contributed by atoms with E-state index in [1.54, 1.807) is 0 Å². The summed E-state index contributed by atoms with van der Waals surface area (Å²) in [5.74, 6) is 0. The number of nitrogens with zero attached hydrogens (tertiary/aromatic N) is 1. The molecule has 0 bridgehead atoms. The first-order valence-electron chi connectivity index (χ1n) is 6.54. The van der Waals surface area contributed by atoms with Gasteiger partial charge in [0.05, 0.1) is 0 Å². The monoisotopic (exact) mass is 270 g/mol. The van der Waals surface area contributed by atoms with Crippen molar-refractivity contribution in [3.05, 3.63) is 34.9 Å². The van der Waals surface area contributed by atoms with Gasteiger partial charge < -0.3 is 10.8 Å². The minimum absolute atomic E-state index is 0.244. The second-order valence-electron chi connectivity index (χ2n) is 4.48. The number of hydrogen-bond acceptors (Lipinski definition) is 3. The summed E-state index contributed by atoms with van der Waals surface area (Å²) in [5.41, 5.74) is 6.77. The van der Waals surface area contributed by atoms with Crippen LogP contribution >= 0.6 is 11.6 Å². The Bertz CT molecular complexity index is 316. The lowest BCUT2D eigenvalue weighted by molar-refractivity contribution is 0.216. The zero-order valence-electron chi connectivity index (χ0n) is 10.8. The molecule has 4 heteroatoms. The molecule has 18 heavy (non-hydrogen) atoms. The van der Waals surface area contributed by atoms with Crippen molar-refractivity contribution < 1.29 is 5.11 Å². The zero-order chi connectivity index (χ0) is 13.2. The van der Waals surface area contributed by atoms with Gasteiger partial charge in [-0.25, -0.2) is 0 Å². The van der Waals surface area contributed by atoms with Gasteiger partial charge in [-0.3, -0.25) is 4.90 Å². The summed E-state index contributed by atoms with van der Waals surface area (Å²) in [6.45, 7) is 3.84. The summed E-state index contributed by atoms with van der Waals surface area (Å²) in [6, 6.07) is 7.94. The average Bonchev–Trinajstić information content (AvgIpc) is 2.38. The molecular formula is C14H23ClN2O. The van der Waals surface area contributed by atoms with Crippen LogP contribution in [0.4, 0.5) is 0 Å². The fourth-order valence-corrected chi connectivity index (χ4v) is 2.02. The summed E-state index contributed by atoms with van der Waals surface area (Å²) in [5, 5.41) is 9.69. The highest BCUT2D eigenvalue weighted by Gasteiger charge is 2.05. The van der Waals surface area contributed by atoms with E-state index in [1.807, 2.05) is 12.1 Å². The number of aliphatic hydroxyl groups excluding tert-OH is 1. The summed E-state index contributed by atoms with van der Waals surface area (Å²) >= 11 is 5.87. The molecule has 3 nitrogen and oxygen atoms in total. The van der Waals surface area contributed by atoms with E-state index in [2.05, 4.69) is 17.0 Å². The number of benzene rings is 1. The van der Waals surface area contributed by atoms with Gasteiger partial charge in [0.2, 0.25) is 0 Å². The summed E-state index contributed by atoms with van der Waals surface area (Å²) < 4.78 is 0. The Balaban J connectivity index is 2.45. The maximum absolute atomic E-state index is 8.93. The molecule has 0 saturated heterocycles. The molecule has 0 saturated carbocycles. The molecule has 0 aliphatic heterocycles. The van der Waals surface area contributed by atoms with Gasteiger partial charge in [0.15, 0.2) is 0 Å². The van der Waals surface area contributed by atoms with E-state index in [4.69, 9.17) is 22.4 Å². The van der Waals surface area contributed by atoms with Gasteiger partial charge in [-0.2, -0.15) is 0 Å². The largest absolute Gasteiger partial charge is 0.396 e. The number of aliphatic hydroxyl groups is 1. The Kier molecular flexibility index (Phi) is 8.01. The first-order chi connectivity index (χ1) is 8.76. The third-order valence-corrected chi connectivity index (χ3v) is 3.13. The minimum atomic E-state index is 0.244. The van der Waals surface area contributed by atoms with E-state index in [9.17, 15) is 0 Å². The number of rotatable bonds is 9. The van der Waals surface area contributed by atoms with Crippen LogP contribution in [0.1, 0.15) is 24.8 Å². The third-order valence-electron chi connectivity index (χ3n) is 2.88. The molecule has 0 atom stereocenters. The summed E-state index contributed by atoms with van der Waals surface area (Å²) in [6.07, 6.45) is 2.97. The van der Waals surface area contributed by atoms with Crippen molar-refractivity contribution in [2.45, 2.75) is 25.8 Å². The van der Waals surface area contributed by atoms with Crippen LogP contribution in [0.25, 0.3) is 0 Å². The number of halogens is 1. The van der Waals surface area contributed by atoms with E-state index >= 15 is 0 Å². The smallest absolute Gasteiger partial charge is 0.0443 e. The molecule has 1 aromatic carbocycles. The fraction of sp³-hybridized carbons (Fsp3) is 0.571. The maximum Gasteiger partial charge on any atom is 0.0443 e. The van der Waals surface area contributed by atoms with Crippen molar-refractivity contribution in [2.24, 2.45) is 5.73 Å². The van der Waals surface area contributed by atoms with Crippen LogP contribution in [-0.4, -0.2) is 36.2 Å². The molecule has 0 unspecified atom stereocenters. The molecule has 3 N–H and O–H groups in total. The van der Waals surface area contributed by atoms with Gasteiger partial charge in [-0.15, -0.1) is 0 Å². The van der Waals surface area contributed by atoms with Crippen LogP contribution in [0.5, 0.6) is 0 Å². The maximum atomic E-state index is 8.93. The molecule has 102 valence electrons. The van der Waals surface area contributed by atoms with E-state index in [1.165, 1.54) is 5.56 Å². The first-order valence-corrected chi connectivity index (χ1v) is 6.92. The zero-order valence-corrected chi connectivity index (χ0v) is 11.6. The Morgan fingerprint density at radius 1 is 1.06 bits per heavy atom. The highest BCUT2D eigenvalue weighted by atomic mass is 35.5. The quantitative estimate of drug-likeness (QED) is 0.677. The van der Waals surface area contributed by atoms with Crippen LogP contribution in [-0.2, 0) is 6.54 Å². The number of hydrogen-bond donors (Lipinski definition) is 2. The lowest BCUT2D eigenvalue weighted by Gasteiger charge is -2.22. The Hall–Kier alpha value is -0.610. The topological polar surface area (TPSA) is 49.5 Å². The molecule has 0 heterocycles. The third kappa shape index (κ3) is 6.36. The first kappa shape index (κ1) is 15.4. The van der Waals surface area contributed by atoms with Crippen LogP contribution in [0, 0.1) is 0 Å². The lowest BCUT2D eigenvalue weighted by Crippen LogP contribution is -2.26. The van der Waals surface area contributed by atoms with Gasteiger partial charge in [-0.05, 0) is 50.0 Å². The second-order valence-corrected chi connectivity index (χ2v) is 4.91. The average molecular weight is 271 g/mol. The summed E-state index contributed by atoms with van der Waals surface area (Å²) in [4.78, 5) is 2.36. The van der Waals surface area contributed by atoms with E-state index in [0.717, 1.165) is 50.5 Å². The van der Waals surface area contributed by atoms with E-state index in [-0.39, 0.29) is 6.61 Å². The number of nitrogens with two attached hydrogens (primary N) is 1. The highest BCUT2D eigenvalue weighted by Crippen LogP contribution is 2.12. The van der Waals surface area contributed by atoms with Gasteiger partial charge in [0.25, 0.3) is 0 Å².